The summed E-state index contributed by atoms with van der Waals surface area (Å²) in [5.74, 6) is 0. The second-order valence-electron chi connectivity index (χ2n) is 2.37. The second kappa shape index (κ2) is 4.06. The standard InChI is InChI=1S/C8H11NO3/c10-4-6-2-1-3-8(9-12)7(6)5-11/h1-3,9-12H,4-5H2. The third-order valence-corrected chi connectivity index (χ3v) is 1.72. The average Bonchev–Trinajstić information content (AvgIpc) is 2.16. The van der Waals surface area contributed by atoms with E-state index >= 15 is 0 Å². The van der Waals surface area contributed by atoms with E-state index in [9.17, 15) is 0 Å². The molecule has 0 spiro atoms. The monoisotopic (exact) mass is 169 g/mol. The molecule has 0 heterocycles. The zero-order chi connectivity index (χ0) is 8.97. The molecule has 4 N–H and O–H groups in total. The highest BCUT2D eigenvalue weighted by atomic mass is 16.5. The van der Waals surface area contributed by atoms with Crippen molar-refractivity contribution in [2.24, 2.45) is 0 Å². The lowest BCUT2D eigenvalue weighted by Gasteiger charge is -2.09. The van der Waals surface area contributed by atoms with E-state index in [1.807, 2.05) is 5.48 Å². The van der Waals surface area contributed by atoms with Gasteiger partial charge in [0.2, 0.25) is 0 Å². The molecule has 0 aliphatic carbocycles. The Bertz CT molecular complexity index is 240. The predicted octanol–water partition coefficient (Wildman–Crippen LogP) is 0.472. The summed E-state index contributed by atoms with van der Waals surface area (Å²) >= 11 is 0. The molecule has 12 heavy (non-hydrogen) atoms. The number of benzene rings is 1. The van der Waals surface area contributed by atoms with Crippen LogP contribution in [-0.4, -0.2) is 15.4 Å². The first kappa shape index (κ1) is 8.99. The molecule has 1 rings (SSSR count). The number of rotatable bonds is 3. The Balaban J connectivity index is 3.13. The van der Waals surface area contributed by atoms with Gasteiger partial charge in [-0.3, -0.25) is 10.7 Å². The summed E-state index contributed by atoms with van der Waals surface area (Å²) < 4.78 is 0. The SMILES string of the molecule is OCc1cccc(NO)c1CO. The van der Waals surface area contributed by atoms with Crippen molar-refractivity contribution in [3.8, 4) is 0 Å². The van der Waals surface area contributed by atoms with Crippen LogP contribution in [0.5, 0.6) is 0 Å². The molecule has 0 fully saturated rings. The smallest absolute Gasteiger partial charge is 0.0706 e. The van der Waals surface area contributed by atoms with Crippen LogP contribution in [0.4, 0.5) is 5.69 Å². The van der Waals surface area contributed by atoms with E-state index in [4.69, 9.17) is 15.4 Å². The number of hydrogen-bond acceptors (Lipinski definition) is 4. The summed E-state index contributed by atoms with van der Waals surface area (Å²) in [5.41, 5.74) is 3.49. The van der Waals surface area contributed by atoms with Crippen molar-refractivity contribution in [3.05, 3.63) is 29.3 Å². The third-order valence-electron chi connectivity index (χ3n) is 1.72. The fourth-order valence-electron chi connectivity index (χ4n) is 1.07. The molecule has 4 nitrogen and oxygen atoms in total. The summed E-state index contributed by atoms with van der Waals surface area (Å²) in [6, 6.07) is 4.99. The second-order valence-corrected chi connectivity index (χ2v) is 2.37. The number of hydrogen-bond donors (Lipinski definition) is 4. The van der Waals surface area contributed by atoms with Gasteiger partial charge in [-0.1, -0.05) is 12.1 Å². The molecule has 0 unspecified atom stereocenters. The Morgan fingerprint density at radius 2 is 1.92 bits per heavy atom. The molecular formula is C8H11NO3. The maximum Gasteiger partial charge on any atom is 0.0706 e. The van der Waals surface area contributed by atoms with Crippen molar-refractivity contribution in [2.45, 2.75) is 13.2 Å². The number of aliphatic hydroxyl groups excluding tert-OH is 2. The minimum absolute atomic E-state index is 0.147. The van der Waals surface area contributed by atoms with Gasteiger partial charge in [-0.2, -0.15) is 0 Å². The zero-order valence-corrected chi connectivity index (χ0v) is 6.49. The molecule has 0 amide bonds. The molecule has 4 heteroatoms. The van der Waals surface area contributed by atoms with Gasteiger partial charge < -0.3 is 10.2 Å². The number of aliphatic hydroxyl groups is 2. The lowest BCUT2D eigenvalue weighted by Crippen LogP contribution is -2.00. The van der Waals surface area contributed by atoms with Crippen LogP contribution in [0.2, 0.25) is 0 Å². The predicted molar refractivity (Wildman–Crippen MR) is 43.7 cm³/mol. The number of nitrogens with one attached hydrogen (secondary N) is 1. The third kappa shape index (κ3) is 1.55. The summed E-state index contributed by atoms with van der Waals surface area (Å²) in [6.45, 7) is -0.356. The molecule has 0 radical (unpaired) electrons. The van der Waals surface area contributed by atoms with Crippen molar-refractivity contribution in [3.63, 3.8) is 0 Å². The van der Waals surface area contributed by atoms with Crippen molar-refractivity contribution in [1.29, 1.82) is 0 Å². The van der Waals surface area contributed by atoms with Crippen LogP contribution in [0.15, 0.2) is 18.2 Å². The van der Waals surface area contributed by atoms with Crippen LogP contribution in [0.1, 0.15) is 11.1 Å². The summed E-state index contributed by atoms with van der Waals surface area (Å²) in [4.78, 5) is 0. The van der Waals surface area contributed by atoms with E-state index in [0.29, 0.717) is 16.8 Å². The molecule has 0 aliphatic rings. The maximum absolute atomic E-state index is 8.90. The molecule has 1 aromatic carbocycles. The fraction of sp³-hybridized carbons (Fsp3) is 0.250. The van der Waals surface area contributed by atoms with Gasteiger partial charge in [0.25, 0.3) is 0 Å². The van der Waals surface area contributed by atoms with Crippen molar-refractivity contribution < 1.29 is 15.4 Å². The van der Waals surface area contributed by atoms with Crippen molar-refractivity contribution in [2.75, 3.05) is 5.48 Å². The summed E-state index contributed by atoms with van der Waals surface area (Å²) in [7, 11) is 0. The molecular weight excluding hydrogens is 158 g/mol. The topological polar surface area (TPSA) is 72.7 Å². The quantitative estimate of drug-likeness (QED) is 0.496. The Morgan fingerprint density at radius 1 is 1.17 bits per heavy atom. The molecule has 1 aromatic rings. The molecule has 0 saturated carbocycles. The first-order chi connectivity index (χ1) is 5.83. The van der Waals surface area contributed by atoms with Gasteiger partial charge in [-0.15, -0.1) is 0 Å². The largest absolute Gasteiger partial charge is 0.392 e. The number of anilines is 1. The normalized spacial score (nSPS) is 9.92. The van der Waals surface area contributed by atoms with E-state index in [-0.39, 0.29) is 13.2 Å². The van der Waals surface area contributed by atoms with E-state index in [1.54, 1.807) is 18.2 Å². The fourth-order valence-corrected chi connectivity index (χ4v) is 1.07. The first-order valence-corrected chi connectivity index (χ1v) is 3.56. The van der Waals surface area contributed by atoms with Crippen LogP contribution in [-0.2, 0) is 13.2 Å². The van der Waals surface area contributed by atoms with Gasteiger partial charge in [0.05, 0.1) is 18.9 Å². The van der Waals surface area contributed by atoms with Crippen LogP contribution in [0.25, 0.3) is 0 Å². The highest BCUT2D eigenvalue weighted by Crippen LogP contribution is 2.19. The highest BCUT2D eigenvalue weighted by Gasteiger charge is 2.04. The van der Waals surface area contributed by atoms with Crippen molar-refractivity contribution in [1.82, 2.24) is 0 Å². The highest BCUT2D eigenvalue weighted by molar-refractivity contribution is 5.52. The van der Waals surface area contributed by atoms with Crippen LogP contribution < -0.4 is 5.48 Å². The Labute approximate surface area is 70.0 Å². The molecule has 0 atom stereocenters. The minimum atomic E-state index is -0.209. The Kier molecular flexibility index (Phi) is 3.04. The molecule has 0 bridgehead atoms. The molecule has 66 valence electrons. The van der Waals surface area contributed by atoms with E-state index in [2.05, 4.69) is 0 Å². The summed E-state index contributed by atoms with van der Waals surface area (Å²) in [5, 5.41) is 26.4. The van der Waals surface area contributed by atoms with Gasteiger partial charge in [-0.25, -0.2) is 0 Å². The van der Waals surface area contributed by atoms with Gasteiger partial charge in [-0.05, 0) is 11.6 Å². The van der Waals surface area contributed by atoms with Crippen LogP contribution >= 0.6 is 0 Å². The van der Waals surface area contributed by atoms with Gasteiger partial charge >= 0.3 is 0 Å². The van der Waals surface area contributed by atoms with Crippen molar-refractivity contribution >= 4 is 5.69 Å². The van der Waals surface area contributed by atoms with Crippen LogP contribution in [0, 0.1) is 0 Å². The maximum atomic E-state index is 8.90. The zero-order valence-electron chi connectivity index (χ0n) is 6.49. The van der Waals surface area contributed by atoms with Gasteiger partial charge in [0.1, 0.15) is 0 Å². The van der Waals surface area contributed by atoms with E-state index < -0.39 is 0 Å². The first-order valence-electron chi connectivity index (χ1n) is 3.56. The van der Waals surface area contributed by atoms with Crippen LogP contribution in [0.3, 0.4) is 0 Å². The Hall–Kier alpha value is -1.10. The Morgan fingerprint density at radius 3 is 2.42 bits per heavy atom. The van der Waals surface area contributed by atoms with E-state index in [1.165, 1.54) is 0 Å². The van der Waals surface area contributed by atoms with Gasteiger partial charge in [0.15, 0.2) is 0 Å². The lowest BCUT2D eigenvalue weighted by molar-refractivity contribution is 0.259. The average molecular weight is 169 g/mol. The molecule has 0 aliphatic heterocycles. The lowest BCUT2D eigenvalue weighted by atomic mass is 10.1. The molecule has 0 saturated heterocycles. The molecule has 0 aromatic heterocycles. The van der Waals surface area contributed by atoms with E-state index in [0.717, 1.165) is 0 Å². The summed E-state index contributed by atoms with van der Waals surface area (Å²) in [6.07, 6.45) is 0. The minimum Gasteiger partial charge on any atom is -0.392 e. The van der Waals surface area contributed by atoms with Gasteiger partial charge in [0, 0.05) is 5.56 Å².